The van der Waals surface area contributed by atoms with Gasteiger partial charge in [0, 0.05) is 30.1 Å². The summed E-state index contributed by atoms with van der Waals surface area (Å²) in [5.41, 5.74) is 7.41. The zero-order valence-electron chi connectivity index (χ0n) is 10.0. The molecule has 1 unspecified atom stereocenters. The first-order valence-electron chi connectivity index (χ1n) is 5.23. The summed E-state index contributed by atoms with van der Waals surface area (Å²) in [5.74, 6) is 1.18. The van der Waals surface area contributed by atoms with Crippen LogP contribution < -0.4 is 10.6 Å². The number of anilines is 1. The van der Waals surface area contributed by atoms with E-state index < -0.39 is 0 Å². The van der Waals surface area contributed by atoms with Crippen LogP contribution in [0.1, 0.15) is 12.5 Å². The van der Waals surface area contributed by atoms with Gasteiger partial charge < -0.3 is 10.6 Å². The predicted octanol–water partition coefficient (Wildman–Crippen LogP) is 2.16. The number of thioether (sulfide) groups is 1. The molecule has 1 aromatic carbocycles. The van der Waals surface area contributed by atoms with E-state index in [0.29, 0.717) is 6.04 Å². The first-order valence-corrected chi connectivity index (χ1v) is 6.62. The van der Waals surface area contributed by atoms with Crippen molar-refractivity contribution in [1.82, 2.24) is 0 Å². The van der Waals surface area contributed by atoms with Gasteiger partial charge in [0.1, 0.15) is 5.84 Å². The summed E-state index contributed by atoms with van der Waals surface area (Å²) in [7, 11) is 2.04. The van der Waals surface area contributed by atoms with Gasteiger partial charge in [-0.3, -0.25) is 5.41 Å². The maximum Gasteiger partial charge on any atom is 0.124 e. The Hall–Kier alpha value is -1.16. The van der Waals surface area contributed by atoms with Crippen LogP contribution in [0.5, 0.6) is 0 Å². The first kappa shape index (κ1) is 12.9. The third-order valence-corrected chi connectivity index (χ3v) is 3.46. The van der Waals surface area contributed by atoms with Crippen LogP contribution in [0.3, 0.4) is 0 Å². The molecule has 0 aliphatic rings. The number of para-hydroxylation sites is 1. The fraction of sp³-hybridized carbons (Fsp3) is 0.417. The Labute approximate surface area is 102 Å². The largest absolute Gasteiger partial charge is 0.384 e. The van der Waals surface area contributed by atoms with Gasteiger partial charge in [0.25, 0.3) is 0 Å². The summed E-state index contributed by atoms with van der Waals surface area (Å²) in [5, 5.41) is 7.56. The molecule has 1 aromatic rings. The minimum Gasteiger partial charge on any atom is -0.384 e. The Bertz CT molecular complexity index is 365. The van der Waals surface area contributed by atoms with Crippen molar-refractivity contribution in [3.05, 3.63) is 29.8 Å². The van der Waals surface area contributed by atoms with Crippen LogP contribution in [-0.2, 0) is 0 Å². The molecule has 3 nitrogen and oxygen atoms in total. The van der Waals surface area contributed by atoms with Gasteiger partial charge in [0.2, 0.25) is 0 Å². The molecule has 0 spiro atoms. The maximum atomic E-state index is 7.56. The summed E-state index contributed by atoms with van der Waals surface area (Å²) < 4.78 is 0. The minimum absolute atomic E-state index is 0.124. The highest BCUT2D eigenvalue weighted by molar-refractivity contribution is 7.98. The number of benzene rings is 1. The Morgan fingerprint density at radius 3 is 2.69 bits per heavy atom. The second-order valence-electron chi connectivity index (χ2n) is 3.85. The molecular weight excluding hydrogens is 218 g/mol. The Balaban J connectivity index is 2.98. The van der Waals surface area contributed by atoms with Gasteiger partial charge in [-0.2, -0.15) is 11.8 Å². The second-order valence-corrected chi connectivity index (χ2v) is 4.76. The molecule has 0 radical (unpaired) electrons. The molecule has 0 aliphatic carbocycles. The fourth-order valence-corrected chi connectivity index (χ4v) is 2.31. The molecule has 0 heterocycles. The van der Waals surface area contributed by atoms with Gasteiger partial charge in [0.15, 0.2) is 0 Å². The zero-order chi connectivity index (χ0) is 12.1. The Morgan fingerprint density at radius 1 is 1.50 bits per heavy atom. The third-order valence-electron chi connectivity index (χ3n) is 2.64. The standard InChI is InChI=1S/C12H19N3S/c1-9(8-16-3)15(2)11-7-5-4-6-10(11)12(13)14/h4-7,9H,8H2,1-3H3,(H3,13,14). The molecule has 0 amide bonds. The SMILES string of the molecule is CSCC(C)N(C)c1ccccc1C(=N)N. The van der Waals surface area contributed by atoms with Crippen molar-refractivity contribution in [1.29, 1.82) is 5.41 Å². The predicted molar refractivity (Wildman–Crippen MR) is 73.7 cm³/mol. The first-order chi connectivity index (χ1) is 7.57. The molecule has 0 bridgehead atoms. The van der Waals surface area contributed by atoms with Crippen LogP contribution in [-0.4, -0.2) is 30.9 Å². The molecule has 16 heavy (non-hydrogen) atoms. The highest BCUT2D eigenvalue weighted by atomic mass is 32.2. The normalized spacial score (nSPS) is 12.2. The molecule has 0 fully saturated rings. The minimum atomic E-state index is 0.124. The lowest BCUT2D eigenvalue weighted by molar-refractivity contribution is 0.765. The lowest BCUT2D eigenvalue weighted by Gasteiger charge is -2.28. The van der Waals surface area contributed by atoms with Gasteiger partial charge in [-0.15, -0.1) is 0 Å². The average Bonchev–Trinajstić information content (AvgIpc) is 2.28. The Kier molecular flexibility index (Phi) is 4.68. The van der Waals surface area contributed by atoms with Crippen molar-refractivity contribution in [3.63, 3.8) is 0 Å². The highest BCUT2D eigenvalue weighted by Crippen LogP contribution is 2.21. The van der Waals surface area contributed by atoms with E-state index in [1.165, 1.54) is 0 Å². The van der Waals surface area contributed by atoms with Crippen molar-refractivity contribution in [2.45, 2.75) is 13.0 Å². The van der Waals surface area contributed by atoms with Gasteiger partial charge >= 0.3 is 0 Å². The number of nitrogens with zero attached hydrogens (tertiary/aromatic N) is 1. The van der Waals surface area contributed by atoms with Crippen molar-refractivity contribution in [3.8, 4) is 0 Å². The van der Waals surface area contributed by atoms with Crippen molar-refractivity contribution >= 4 is 23.3 Å². The molecule has 88 valence electrons. The molecule has 0 saturated carbocycles. The van der Waals surface area contributed by atoms with Crippen LogP contribution in [0.25, 0.3) is 0 Å². The Morgan fingerprint density at radius 2 is 2.12 bits per heavy atom. The molecule has 3 N–H and O–H groups in total. The summed E-state index contributed by atoms with van der Waals surface area (Å²) in [6.07, 6.45) is 2.10. The average molecular weight is 237 g/mol. The van der Waals surface area contributed by atoms with Gasteiger partial charge in [0.05, 0.1) is 0 Å². The third kappa shape index (κ3) is 2.92. The molecule has 1 atom stereocenters. The summed E-state index contributed by atoms with van der Waals surface area (Å²) in [6, 6.07) is 8.21. The molecule has 0 saturated heterocycles. The van der Waals surface area contributed by atoms with Crippen LogP contribution in [0.4, 0.5) is 5.69 Å². The van der Waals surface area contributed by atoms with Crippen LogP contribution in [0.2, 0.25) is 0 Å². The maximum absolute atomic E-state index is 7.56. The number of hydrogen-bond donors (Lipinski definition) is 2. The number of nitrogens with two attached hydrogens (primary N) is 1. The smallest absolute Gasteiger partial charge is 0.124 e. The topological polar surface area (TPSA) is 53.1 Å². The van der Waals surface area contributed by atoms with E-state index in [1.807, 2.05) is 43.1 Å². The lowest BCUT2D eigenvalue weighted by Crippen LogP contribution is -2.32. The van der Waals surface area contributed by atoms with Gasteiger partial charge in [-0.05, 0) is 25.3 Å². The molecule has 4 heteroatoms. The van der Waals surface area contributed by atoms with Crippen molar-refractivity contribution in [2.75, 3.05) is 24.0 Å². The number of hydrogen-bond acceptors (Lipinski definition) is 3. The van der Waals surface area contributed by atoms with Crippen LogP contribution in [0.15, 0.2) is 24.3 Å². The van der Waals surface area contributed by atoms with E-state index >= 15 is 0 Å². The van der Waals surface area contributed by atoms with E-state index in [2.05, 4.69) is 18.1 Å². The van der Waals surface area contributed by atoms with Crippen LogP contribution >= 0.6 is 11.8 Å². The van der Waals surface area contributed by atoms with Gasteiger partial charge in [-0.25, -0.2) is 0 Å². The molecule has 1 rings (SSSR count). The van der Waals surface area contributed by atoms with Crippen LogP contribution in [0, 0.1) is 5.41 Å². The lowest BCUT2D eigenvalue weighted by atomic mass is 10.1. The molecule has 0 aliphatic heterocycles. The van der Waals surface area contributed by atoms with Crippen molar-refractivity contribution < 1.29 is 0 Å². The quantitative estimate of drug-likeness (QED) is 0.609. The van der Waals surface area contributed by atoms with E-state index in [9.17, 15) is 0 Å². The number of amidine groups is 1. The van der Waals surface area contributed by atoms with E-state index in [-0.39, 0.29) is 5.84 Å². The van der Waals surface area contributed by atoms with Gasteiger partial charge in [-0.1, -0.05) is 12.1 Å². The second kappa shape index (κ2) is 5.80. The number of rotatable bonds is 5. The number of nitrogens with one attached hydrogen (secondary N) is 1. The summed E-state index contributed by atoms with van der Waals surface area (Å²) in [4.78, 5) is 2.17. The monoisotopic (exact) mass is 237 g/mol. The highest BCUT2D eigenvalue weighted by Gasteiger charge is 2.13. The van der Waals surface area contributed by atoms with E-state index in [4.69, 9.17) is 11.1 Å². The summed E-state index contributed by atoms with van der Waals surface area (Å²) in [6.45, 7) is 2.17. The van der Waals surface area contributed by atoms with E-state index in [1.54, 1.807) is 0 Å². The molecular formula is C12H19N3S. The van der Waals surface area contributed by atoms with Crippen molar-refractivity contribution in [2.24, 2.45) is 5.73 Å². The molecule has 0 aromatic heterocycles. The van der Waals surface area contributed by atoms with E-state index in [0.717, 1.165) is 17.0 Å². The summed E-state index contributed by atoms with van der Waals surface area (Å²) >= 11 is 1.82. The fourth-order valence-electron chi connectivity index (χ4n) is 1.60. The zero-order valence-corrected chi connectivity index (χ0v) is 10.8. The number of nitrogen functional groups attached to an aromatic ring is 1.